The largest absolute Gasteiger partial charge is 0.354 e. The van der Waals surface area contributed by atoms with Crippen LogP contribution >= 0.6 is 0 Å². The quantitative estimate of drug-likeness (QED) is 0.869. The molecule has 5 nitrogen and oxygen atoms in total. The third-order valence-electron chi connectivity index (χ3n) is 4.87. The van der Waals surface area contributed by atoms with Crippen LogP contribution in [0.15, 0.2) is 24.4 Å². The van der Waals surface area contributed by atoms with Crippen LogP contribution in [0.3, 0.4) is 0 Å². The number of fused-ring (bicyclic) bond motifs is 1. The number of piperidine rings is 1. The highest BCUT2D eigenvalue weighted by atomic mass is 16.2. The van der Waals surface area contributed by atoms with Gasteiger partial charge in [0, 0.05) is 24.8 Å². The van der Waals surface area contributed by atoms with Gasteiger partial charge in [-0.05, 0) is 37.9 Å². The zero-order valence-corrected chi connectivity index (χ0v) is 12.5. The molecule has 21 heavy (non-hydrogen) atoms. The van der Waals surface area contributed by atoms with Crippen molar-refractivity contribution in [2.75, 3.05) is 13.1 Å². The molecule has 1 amide bonds. The Balaban J connectivity index is 1.91. The number of pyridine rings is 1. The van der Waals surface area contributed by atoms with Crippen LogP contribution < -0.4 is 11.1 Å². The first-order valence-electron chi connectivity index (χ1n) is 7.92. The van der Waals surface area contributed by atoms with Crippen molar-refractivity contribution in [3.05, 3.63) is 30.1 Å². The molecule has 5 heteroatoms. The fourth-order valence-electron chi connectivity index (χ4n) is 3.74. The number of carbonyl (C=O) groups excluding carboxylic acids is 1. The lowest BCUT2D eigenvalue weighted by Gasteiger charge is -2.43. The van der Waals surface area contributed by atoms with E-state index in [1.54, 1.807) is 0 Å². The number of likely N-dealkylation sites (tertiary alicyclic amines) is 1. The molecule has 1 aromatic heterocycles. The fraction of sp³-hybridized carbons (Fsp3) is 0.625. The van der Waals surface area contributed by atoms with Crippen LogP contribution in [-0.2, 0) is 4.79 Å². The molecule has 0 radical (unpaired) electrons. The minimum atomic E-state index is 0.0364. The summed E-state index contributed by atoms with van der Waals surface area (Å²) in [5.41, 5.74) is 7.43. The zero-order chi connectivity index (χ0) is 14.8. The predicted octanol–water partition coefficient (Wildman–Crippen LogP) is 1.07. The van der Waals surface area contributed by atoms with Crippen LogP contribution in [0.4, 0.5) is 0 Å². The van der Waals surface area contributed by atoms with Crippen molar-refractivity contribution >= 4 is 5.91 Å². The molecule has 114 valence electrons. The molecular weight excluding hydrogens is 264 g/mol. The molecule has 2 aliphatic heterocycles. The lowest BCUT2D eigenvalue weighted by molar-refractivity contribution is -0.124. The highest BCUT2D eigenvalue weighted by molar-refractivity contribution is 5.82. The third kappa shape index (κ3) is 2.68. The normalized spacial score (nSPS) is 28.8. The Morgan fingerprint density at radius 3 is 3.10 bits per heavy atom. The second kappa shape index (κ2) is 6.12. The Morgan fingerprint density at radius 2 is 2.38 bits per heavy atom. The van der Waals surface area contributed by atoms with Crippen molar-refractivity contribution in [1.29, 1.82) is 0 Å². The van der Waals surface area contributed by atoms with E-state index in [0.717, 1.165) is 38.0 Å². The molecule has 2 saturated heterocycles. The smallest absolute Gasteiger partial charge is 0.224 e. The summed E-state index contributed by atoms with van der Waals surface area (Å²) in [6, 6.07) is 6.38. The summed E-state index contributed by atoms with van der Waals surface area (Å²) in [6.07, 6.45) is 4.76. The van der Waals surface area contributed by atoms with Gasteiger partial charge in [0.25, 0.3) is 0 Å². The summed E-state index contributed by atoms with van der Waals surface area (Å²) < 4.78 is 0. The van der Waals surface area contributed by atoms with Gasteiger partial charge in [0.2, 0.25) is 5.91 Å². The summed E-state index contributed by atoms with van der Waals surface area (Å²) in [4.78, 5) is 18.9. The number of carbonyl (C=O) groups is 1. The van der Waals surface area contributed by atoms with Crippen molar-refractivity contribution in [2.45, 2.75) is 44.3 Å². The number of nitrogens with two attached hydrogens (primary N) is 1. The van der Waals surface area contributed by atoms with Crippen LogP contribution in [0.2, 0.25) is 0 Å². The molecule has 4 atom stereocenters. The van der Waals surface area contributed by atoms with E-state index in [9.17, 15) is 4.79 Å². The molecule has 0 aliphatic carbocycles. The van der Waals surface area contributed by atoms with Crippen LogP contribution in [-0.4, -0.2) is 41.0 Å². The van der Waals surface area contributed by atoms with E-state index in [4.69, 9.17) is 5.73 Å². The molecule has 2 aliphatic rings. The van der Waals surface area contributed by atoms with E-state index in [0.29, 0.717) is 0 Å². The first-order chi connectivity index (χ1) is 10.2. The van der Waals surface area contributed by atoms with E-state index in [-0.39, 0.29) is 30.0 Å². The predicted molar refractivity (Wildman–Crippen MR) is 81.5 cm³/mol. The lowest BCUT2D eigenvalue weighted by Crippen LogP contribution is -2.52. The van der Waals surface area contributed by atoms with Crippen molar-refractivity contribution in [1.82, 2.24) is 15.2 Å². The molecule has 3 heterocycles. The number of nitrogens with one attached hydrogen (secondary N) is 1. The van der Waals surface area contributed by atoms with Gasteiger partial charge in [-0.15, -0.1) is 0 Å². The summed E-state index contributed by atoms with van der Waals surface area (Å²) in [6.45, 7) is 3.84. The number of hydrogen-bond donors (Lipinski definition) is 2. The maximum Gasteiger partial charge on any atom is 0.224 e. The van der Waals surface area contributed by atoms with Gasteiger partial charge in [0.05, 0.1) is 17.7 Å². The molecule has 2 fully saturated rings. The molecule has 1 aromatic rings. The van der Waals surface area contributed by atoms with E-state index in [1.165, 1.54) is 0 Å². The Labute approximate surface area is 125 Å². The van der Waals surface area contributed by atoms with Gasteiger partial charge in [-0.2, -0.15) is 0 Å². The first kappa shape index (κ1) is 14.5. The summed E-state index contributed by atoms with van der Waals surface area (Å²) in [7, 11) is 0. The number of hydrogen-bond acceptors (Lipinski definition) is 4. The highest BCUT2D eigenvalue weighted by Crippen LogP contribution is 2.35. The second-order valence-corrected chi connectivity index (χ2v) is 6.07. The van der Waals surface area contributed by atoms with Crippen molar-refractivity contribution in [3.8, 4) is 0 Å². The first-order valence-corrected chi connectivity index (χ1v) is 7.92. The summed E-state index contributed by atoms with van der Waals surface area (Å²) in [5, 5.41) is 3.01. The van der Waals surface area contributed by atoms with Gasteiger partial charge >= 0.3 is 0 Å². The molecule has 0 bridgehead atoms. The maximum absolute atomic E-state index is 12.0. The number of rotatable bonds is 4. The Hall–Kier alpha value is -1.46. The van der Waals surface area contributed by atoms with Gasteiger partial charge in [-0.1, -0.05) is 13.0 Å². The van der Waals surface area contributed by atoms with Crippen LogP contribution in [0, 0.1) is 5.92 Å². The molecule has 4 unspecified atom stereocenters. The van der Waals surface area contributed by atoms with Crippen molar-refractivity contribution in [3.63, 3.8) is 0 Å². The number of nitrogens with zero attached hydrogens (tertiary/aromatic N) is 2. The minimum absolute atomic E-state index is 0.0364. The third-order valence-corrected chi connectivity index (χ3v) is 4.87. The topological polar surface area (TPSA) is 71.2 Å². The molecule has 3 N–H and O–H groups in total. The van der Waals surface area contributed by atoms with Crippen molar-refractivity contribution in [2.24, 2.45) is 11.7 Å². The monoisotopic (exact) mass is 288 g/mol. The van der Waals surface area contributed by atoms with Crippen molar-refractivity contribution < 1.29 is 4.79 Å². The van der Waals surface area contributed by atoms with Gasteiger partial charge in [-0.25, -0.2) is 0 Å². The molecule has 0 spiro atoms. The number of aromatic nitrogens is 1. The minimum Gasteiger partial charge on any atom is -0.354 e. The van der Waals surface area contributed by atoms with Crippen LogP contribution in [0.1, 0.15) is 37.9 Å². The van der Waals surface area contributed by atoms with Gasteiger partial charge in [-0.3, -0.25) is 14.7 Å². The maximum atomic E-state index is 12.0. The average molecular weight is 288 g/mol. The molecule has 0 aromatic carbocycles. The lowest BCUT2D eigenvalue weighted by atomic mass is 9.87. The Kier molecular flexibility index (Phi) is 4.22. The fourth-order valence-corrected chi connectivity index (χ4v) is 3.74. The van der Waals surface area contributed by atoms with E-state index in [2.05, 4.69) is 22.1 Å². The Bertz CT molecular complexity index is 492. The van der Waals surface area contributed by atoms with E-state index < -0.39 is 0 Å². The van der Waals surface area contributed by atoms with Crippen LogP contribution in [0.5, 0.6) is 0 Å². The molecule has 3 rings (SSSR count). The standard InChI is InChI=1S/C16H24N4O/c1-2-12(17)15(13-7-3-4-8-18-13)20-9-5-6-11-14(20)10-19-16(11)21/h3-4,7-8,11-12,14-15H,2,5-6,9-10,17H2,1H3,(H,19,21). The Morgan fingerprint density at radius 1 is 1.52 bits per heavy atom. The van der Waals surface area contributed by atoms with E-state index in [1.807, 2.05) is 24.4 Å². The van der Waals surface area contributed by atoms with Gasteiger partial charge in [0.1, 0.15) is 0 Å². The molecule has 0 saturated carbocycles. The molecular formula is C16H24N4O. The van der Waals surface area contributed by atoms with Gasteiger partial charge in [0.15, 0.2) is 0 Å². The number of amides is 1. The summed E-state index contributed by atoms with van der Waals surface area (Å²) >= 11 is 0. The second-order valence-electron chi connectivity index (χ2n) is 6.07. The SMILES string of the molecule is CCC(N)C(c1ccccn1)N1CCCC2C(=O)NCC21. The van der Waals surface area contributed by atoms with Gasteiger partial charge < -0.3 is 11.1 Å². The zero-order valence-electron chi connectivity index (χ0n) is 12.5. The highest BCUT2D eigenvalue weighted by Gasteiger charge is 2.44. The average Bonchev–Trinajstić information content (AvgIpc) is 2.91. The van der Waals surface area contributed by atoms with Crippen LogP contribution in [0.25, 0.3) is 0 Å². The van der Waals surface area contributed by atoms with E-state index >= 15 is 0 Å². The summed E-state index contributed by atoms with van der Waals surface area (Å²) in [5.74, 6) is 0.323.